The Morgan fingerprint density at radius 1 is 1.09 bits per heavy atom. The Balaban J connectivity index is 1.90. The van der Waals surface area contributed by atoms with E-state index < -0.39 is 0 Å². The van der Waals surface area contributed by atoms with Gasteiger partial charge in [-0.05, 0) is 81.9 Å². The predicted molar refractivity (Wildman–Crippen MR) is 94.5 cm³/mol. The van der Waals surface area contributed by atoms with Crippen LogP contribution in [0.25, 0.3) is 10.9 Å². The highest BCUT2D eigenvalue weighted by Gasteiger charge is 2.15. The van der Waals surface area contributed by atoms with Gasteiger partial charge in [-0.2, -0.15) is 0 Å². The fourth-order valence-corrected chi connectivity index (χ4v) is 3.83. The number of aryl methyl sites for hydroxylation is 3. The van der Waals surface area contributed by atoms with Crippen molar-refractivity contribution < 1.29 is 0 Å². The van der Waals surface area contributed by atoms with Crippen LogP contribution in [-0.2, 0) is 13.0 Å². The lowest BCUT2D eigenvalue weighted by Crippen LogP contribution is -2.21. The maximum Gasteiger partial charge on any atom is 0.0488 e. The molecule has 0 spiro atoms. The molecule has 1 aliphatic heterocycles. The Bertz CT molecular complexity index is 636. The second-order valence-corrected chi connectivity index (χ2v) is 6.76. The monoisotopic (exact) mass is 299 g/mol. The lowest BCUT2D eigenvalue weighted by Gasteiger charge is -2.14. The first-order valence-corrected chi connectivity index (χ1v) is 8.70. The molecule has 3 nitrogen and oxygen atoms in total. The number of rotatable bonds is 6. The Morgan fingerprint density at radius 3 is 2.59 bits per heavy atom. The van der Waals surface area contributed by atoms with Crippen LogP contribution in [-0.4, -0.2) is 35.6 Å². The van der Waals surface area contributed by atoms with Gasteiger partial charge in [0.2, 0.25) is 0 Å². The maximum atomic E-state index is 5.71. The van der Waals surface area contributed by atoms with E-state index in [1.807, 2.05) is 0 Å². The minimum Gasteiger partial charge on any atom is -0.347 e. The third-order valence-corrected chi connectivity index (χ3v) is 4.90. The van der Waals surface area contributed by atoms with Crippen molar-refractivity contribution in [2.75, 3.05) is 26.2 Å². The van der Waals surface area contributed by atoms with E-state index in [1.165, 1.54) is 60.1 Å². The Morgan fingerprint density at radius 2 is 1.86 bits per heavy atom. The molecule has 0 saturated carbocycles. The van der Waals surface area contributed by atoms with Crippen LogP contribution >= 0.6 is 0 Å². The molecule has 2 heterocycles. The highest BCUT2D eigenvalue weighted by Crippen LogP contribution is 2.27. The van der Waals surface area contributed by atoms with E-state index in [-0.39, 0.29) is 0 Å². The molecule has 0 unspecified atom stereocenters. The molecule has 1 aromatic carbocycles. The normalized spacial score (nSPS) is 16.0. The van der Waals surface area contributed by atoms with Crippen LogP contribution in [0.1, 0.15) is 36.0 Å². The van der Waals surface area contributed by atoms with Gasteiger partial charge in [0.05, 0.1) is 0 Å². The van der Waals surface area contributed by atoms with Crippen LogP contribution in [0.15, 0.2) is 18.3 Å². The van der Waals surface area contributed by atoms with Gasteiger partial charge < -0.3 is 15.2 Å². The largest absolute Gasteiger partial charge is 0.347 e. The predicted octanol–water partition coefficient (Wildman–Crippen LogP) is 3.25. The summed E-state index contributed by atoms with van der Waals surface area (Å²) < 4.78 is 2.42. The summed E-state index contributed by atoms with van der Waals surface area (Å²) in [6.45, 7) is 9.99. The van der Waals surface area contributed by atoms with Crippen molar-refractivity contribution in [3.05, 3.63) is 35.0 Å². The summed E-state index contributed by atoms with van der Waals surface area (Å²) in [6.07, 6.45) is 7.33. The summed E-state index contributed by atoms with van der Waals surface area (Å²) in [5, 5.41) is 1.47. The molecule has 2 N–H and O–H groups in total. The fourth-order valence-electron chi connectivity index (χ4n) is 3.83. The van der Waals surface area contributed by atoms with E-state index in [0.717, 1.165) is 25.9 Å². The first-order chi connectivity index (χ1) is 10.7. The zero-order valence-electron chi connectivity index (χ0n) is 14.1. The van der Waals surface area contributed by atoms with E-state index in [1.54, 1.807) is 0 Å². The highest BCUT2D eigenvalue weighted by molar-refractivity contribution is 5.88. The van der Waals surface area contributed by atoms with Gasteiger partial charge in [-0.1, -0.05) is 6.07 Å². The summed E-state index contributed by atoms with van der Waals surface area (Å²) in [4.78, 5) is 2.60. The molecule has 3 rings (SSSR count). The number of nitrogens with zero attached hydrogens (tertiary/aromatic N) is 2. The number of aromatic nitrogens is 1. The van der Waals surface area contributed by atoms with Gasteiger partial charge in [-0.15, -0.1) is 0 Å². The molecule has 3 heteroatoms. The lowest BCUT2D eigenvalue weighted by atomic mass is 10.0. The van der Waals surface area contributed by atoms with Gasteiger partial charge in [0, 0.05) is 30.2 Å². The van der Waals surface area contributed by atoms with Crippen molar-refractivity contribution in [1.29, 1.82) is 0 Å². The van der Waals surface area contributed by atoms with Crippen LogP contribution < -0.4 is 5.73 Å². The smallest absolute Gasteiger partial charge is 0.0488 e. The molecule has 0 amide bonds. The van der Waals surface area contributed by atoms with Crippen molar-refractivity contribution in [3.8, 4) is 0 Å². The van der Waals surface area contributed by atoms with Gasteiger partial charge in [-0.3, -0.25) is 0 Å². The van der Waals surface area contributed by atoms with Gasteiger partial charge in [0.15, 0.2) is 0 Å². The number of hydrogen-bond donors (Lipinski definition) is 1. The SMILES string of the molecule is Cc1cc(C)c2c(CCN3CCCC3)cn(CCCN)c2c1. The Labute approximate surface area is 134 Å². The van der Waals surface area contributed by atoms with Crippen LogP contribution in [0.2, 0.25) is 0 Å². The fraction of sp³-hybridized carbons (Fsp3) is 0.579. The molecular weight excluding hydrogens is 270 g/mol. The van der Waals surface area contributed by atoms with Crippen LogP contribution in [0.4, 0.5) is 0 Å². The standard InChI is InChI=1S/C19H29N3/c1-15-12-16(2)19-17(6-11-21-8-3-4-9-21)14-22(10-5-7-20)18(19)13-15/h12-14H,3-11,20H2,1-2H3. The third-order valence-electron chi connectivity index (χ3n) is 4.90. The number of benzene rings is 1. The first-order valence-electron chi connectivity index (χ1n) is 8.70. The maximum absolute atomic E-state index is 5.71. The van der Waals surface area contributed by atoms with Gasteiger partial charge >= 0.3 is 0 Å². The van der Waals surface area contributed by atoms with Crippen LogP contribution in [0.5, 0.6) is 0 Å². The highest BCUT2D eigenvalue weighted by atomic mass is 15.1. The number of nitrogens with two attached hydrogens (primary N) is 1. The average Bonchev–Trinajstić information content (AvgIpc) is 3.10. The van der Waals surface area contributed by atoms with Crippen molar-refractivity contribution in [2.24, 2.45) is 5.73 Å². The molecule has 1 fully saturated rings. The van der Waals surface area contributed by atoms with Crippen LogP contribution in [0.3, 0.4) is 0 Å². The zero-order valence-corrected chi connectivity index (χ0v) is 14.1. The summed E-state index contributed by atoms with van der Waals surface area (Å²) in [5.41, 5.74) is 11.4. The van der Waals surface area contributed by atoms with Gasteiger partial charge in [-0.25, -0.2) is 0 Å². The van der Waals surface area contributed by atoms with E-state index >= 15 is 0 Å². The second kappa shape index (κ2) is 6.84. The van der Waals surface area contributed by atoms with Crippen molar-refractivity contribution >= 4 is 10.9 Å². The molecule has 22 heavy (non-hydrogen) atoms. The van der Waals surface area contributed by atoms with E-state index in [0.29, 0.717) is 0 Å². The summed E-state index contributed by atoms with van der Waals surface area (Å²) >= 11 is 0. The topological polar surface area (TPSA) is 34.2 Å². The second-order valence-electron chi connectivity index (χ2n) is 6.76. The summed E-state index contributed by atoms with van der Waals surface area (Å²) in [7, 11) is 0. The zero-order chi connectivity index (χ0) is 15.5. The molecule has 1 aliphatic rings. The molecule has 0 aliphatic carbocycles. The van der Waals surface area contributed by atoms with Crippen molar-refractivity contribution in [3.63, 3.8) is 0 Å². The lowest BCUT2D eigenvalue weighted by molar-refractivity contribution is 0.344. The quantitative estimate of drug-likeness (QED) is 0.888. The van der Waals surface area contributed by atoms with Gasteiger partial charge in [0.1, 0.15) is 0 Å². The molecule has 0 radical (unpaired) electrons. The molecule has 1 saturated heterocycles. The summed E-state index contributed by atoms with van der Waals surface area (Å²) in [6, 6.07) is 4.65. The molecule has 1 aromatic heterocycles. The molecule has 2 aromatic rings. The number of fused-ring (bicyclic) bond motifs is 1. The number of likely N-dealkylation sites (tertiary alicyclic amines) is 1. The molecule has 0 atom stereocenters. The molecule has 0 bridgehead atoms. The van der Waals surface area contributed by atoms with Crippen molar-refractivity contribution in [1.82, 2.24) is 9.47 Å². The van der Waals surface area contributed by atoms with E-state index in [4.69, 9.17) is 5.73 Å². The average molecular weight is 299 g/mol. The minimum absolute atomic E-state index is 0.758. The number of hydrogen-bond acceptors (Lipinski definition) is 2. The first kappa shape index (κ1) is 15.6. The molecular formula is C19H29N3. The Hall–Kier alpha value is -1.32. The van der Waals surface area contributed by atoms with Crippen LogP contribution in [0, 0.1) is 13.8 Å². The summed E-state index contributed by atoms with van der Waals surface area (Å²) in [5.74, 6) is 0. The minimum atomic E-state index is 0.758. The van der Waals surface area contributed by atoms with Gasteiger partial charge in [0.25, 0.3) is 0 Å². The van der Waals surface area contributed by atoms with E-state index in [2.05, 4.69) is 41.6 Å². The third kappa shape index (κ3) is 3.21. The molecule has 120 valence electrons. The van der Waals surface area contributed by atoms with E-state index in [9.17, 15) is 0 Å². The van der Waals surface area contributed by atoms with Crippen molar-refractivity contribution in [2.45, 2.75) is 46.1 Å². The Kier molecular flexibility index (Phi) is 4.84.